The molecule has 96 valence electrons. The van der Waals surface area contributed by atoms with Gasteiger partial charge in [0.15, 0.2) is 5.78 Å². The maximum atomic E-state index is 12.2. The molecular weight excluding hydrogens is 220 g/mol. The summed E-state index contributed by atoms with van der Waals surface area (Å²) in [6.07, 6.45) is 3.66. The highest BCUT2D eigenvalue weighted by Crippen LogP contribution is 2.39. The summed E-state index contributed by atoms with van der Waals surface area (Å²) in [5, 5.41) is 9.92. The minimum absolute atomic E-state index is 0.0268. The van der Waals surface area contributed by atoms with E-state index in [-0.39, 0.29) is 23.2 Å². The van der Waals surface area contributed by atoms with Gasteiger partial charge in [-0.15, -0.1) is 0 Å². The number of aliphatic hydroxyl groups excluding tert-OH is 1. The van der Waals surface area contributed by atoms with Crippen LogP contribution in [0.4, 0.5) is 0 Å². The molecule has 1 saturated carbocycles. The molecule has 0 aromatic rings. The van der Waals surface area contributed by atoms with Crippen LogP contribution < -0.4 is 0 Å². The van der Waals surface area contributed by atoms with Crippen LogP contribution in [0.2, 0.25) is 0 Å². The third-order valence-electron chi connectivity index (χ3n) is 4.32. The first-order valence-corrected chi connectivity index (χ1v) is 6.64. The van der Waals surface area contributed by atoms with Crippen LogP contribution in [0.15, 0.2) is 0 Å². The fourth-order valence-corrected chi connectivity index (χ4v) is 3.02. The fourth-order valence-electron chi connectivity index (χ4n) is 3.02. The van der Waals surface area contributed by atoms with E-state index >= 15 is 0 Å². The lowest BCUT2D eigenvalue weighted by molar-refractivity contribution is -0.145. The highest BCUT2D eigenvalue weighted by Gasteiger charge is 2.45. The second-order valence-electron chi connectivity index (χ2n) is 5.71. The third kappa shape index (κ3) is 2.26. The summed E-state index contributed by atoms with van der Waals surface area (Å²) in [6, 6.07) is 0. The molecule has 3 rings (SSSR count). The molecule has 17 heavy (non-hydrogen) atoms. The molecule has 3 fully saturated rings. The first-order chi connectivity index (χ1) is 8.20. The van der Waals surface area contributed by atoms with Gasteiger partial charge in [0.05, 0.1) is 12.2 Å². The molecule has 0 aromatic carbocycles. The minimum atomic E-state index is -0.725. The van der Waals surface area contributed by atoms with Gasteiger partial charge < -0.3 is 14.6 Å². The molecule has 3 unspecified atom stereocenters. The smallest absolute Gasteiger partial charge is 0.164 e. The molecule has 0 radical (unpaired) electrons. The number of ketones is 1. The lowest BCUT2D eigenvalue weighted by atomic mass is 9.81. The summed E-state index contributed by atoms with van der Waals surface area (Å²) in [5.74, 6) is 0.254. The van der Waals surface area contributed by atoms with E-state index in [1.54, 1.807) is 0 Å². The van der Waals surface area contributed by atoms with E-state index in [2.05, 4.69) is 0 Å². The van der Waals surface area contributed by atoms with Crippen LogP contribution in [0, 0.1) is 11.8 Å². The summed E-state index contributed by atoms with van der Waals surface area (Å²) < 4.78 is 11.2. The van der Waals surface area contributed by atoms with Crippen molar-refractivity contribution in [2.75, 3.05) is 19.8 Å². The van der Waals surface area contributed by atoms with Crippen LogP contribution in [0.25, 0.3) is 0 Å². The van der Waals surface area contributed by atoms with Gasteiger partial charge in [-0.25, -0.2) is 0 Å². The van der Waals surface area contributed by atoms with Crippen LogP contribution in [0.3, 0.4) is 0 Å². The van der Waals surface area contributed by atoms with Gasteiger partial charge in [0, 0.05) is 25.6 Å². The summed E-state index contributed by atoms with van der Waals surface area (Å²) in [4.78, 5) is 12.2. The predicted octanol–water partition coefficient (Wildman–Crippen LogP) is 0.912. The molecule has 1 aliphatic carbocycles. The molecule has 0 bridgehead atoms. The Labute approximate surface area is 101 Å². The average molecular weight is 240 g/mol. The number of ether oxygens (including phenoxy) is 2. The lowest BCUT2D eigenvalue weighted by Gasteiger charge is -2.37. The third-order valence-corrected chi connectivity index (χ3v) is 4.32. The van der Waals surface area contributed by atoms with Gasteiger partial charge in [0.1, 0.15) is 6.10 Å². The van der Waals surface area contributed by atoms with Crippen molar-refractivity contribution >= 4 is 5.78 Å². The van der Waals surface area contributed by atoms with Crippen molar-refractivity contribution in [1.29, 1.82) is 0 Å². The maximum Gasteiger partial charge on any atom is 0.164 e. The Balaban J connectivity index is 1.64. The van der Waals surface area contributed by atoms with Gasteiger partial charge in [-0.1, -0.05) is 0 Å². The number of carbonyl (C=O) groups excluding carboxylic acids is 1. The second kappa shape index (κ2) is 4.34. The van der Waals surface area contributed by atoms with Gasteiger partial charge in [-0.2, -0.15) is 0 Å². The molecule has 1 spiro atoms. The number of Topliss-reactive ketones (excluding diaryl/α,β-unsaturated/α-hetero) is 1. The molecule has 3 atom stereocenters. The number of aliphatic hydroxyl groups is 1. The zero-order chi connectivity index (χ0) is 11.9. The number of rotatable bonds is 3. The zero-order valence-electron chi connectivity index (χ0n) is 10.1. The molecule has 2 aliphatic heterocycles. The zero-order valence-corrected chi connectivity index (χ0v) is 10.1. The quantitative estimate of drug-likeness (QED) is 0.796. The Bertz CT molecular complexity index is 305. The van der Waals surface area contributed by atoms with Crippen molar-refractivity contribution < 1.29 is 19.4 Å². The Hall–Kier alpha value is -0.450. The van der Waals surface area contributed by atoms with Crippen LogP contribution in [0.5, 0.6) is 0 Å². The Morgan fingerprint density at radius 2 is 2.12 bits per heavy atom. The lowest BCUT2D eigenvalue weighted by Crippen LogP contribution is -2.44. The fraction of sp³-hybridized carbons (Fsp3) is 0.923. The van der Waals surface area contributed by atoms with Crippen LogP contribution in [-0.4, -0.2) is 42.4 Å². The number of hydrogen-bond donors (Lipinski definition) is 1. The van der Waals surface area contributed by atoms with Crippen LogP contribution in [0.1, 0.15) is 32.1 Å². The van der Waals surface area contributed by atoms with E-state index < -0.39 is 6.10 Å². The van der Waals surface area contributed by atoms with Crippen LogP contribution >= 0.6 is 0 Å². The molecule has 2 heterocycles. The highest BCUT2D eigenvalue weighted by atomic mass is 16.6. The molecular formula is C13H20O4. The van der Waals surface area contributed by atoms with Crippen molar-refractivity contribution in [3.05, 3.63) is 0 Å². The first-order valence-electron chi connectivity index (χ1n) is 6.64. The molecule has 2 saturated heterocycles. The van der Waals surface area contributed by atoms with Crippen molar-refractivity contribution in [2.45, 2.75) is 43.8 Å². The van der Waals surface area contributed by atoms with E-state index in [0.29, 0.717) is 13.2 Å². The second-order valence-corrected chi connectivity index (χ2v) is 5.71. The maximum absolute atomic E-state index is 12.2. The standard InChI is InChI=1S/C13H20O4/c14-11(9-1-2-9)12(15)10-3-5-17-13(7-10)4-6-16-8-13/h9-11,14H,1-8H2. The largest absolute Gasteiger partial charge is 0.385 e. The summed E-state index contributed by atoms with van der Waals surface area (Å²) in [6.45, 7) is 1.96. The normalized spacial score (nSPS) is 39.5. The van der Waals surface area contributed by atoms with Crippen LogP contribution in [-0.2, 0) is 14.3 Å². The summed E-state index contributed by atoms with van der Waals surface area (Å²) in [5.41, 5.74) is -0.234. The first kappa shape index (κ1) is 11.6. The SMILES string of the molecule is O=C(C1CCOC2(CCOC2)C1)C(O)C1CC1. The minimum Gasteiger partial charge on any atom is -0.385 e. The molecule has 4 nitrogen and oxygen atoms in total. The van der Waals surface area contributed by atoms with E-state index in [0.717, 1.165) is 38.7 Å². The molecule has 0 amide bonds. The van der Waals surface area contributed by atoms with Crippen molar-refractivity contribution in [3.8, 4) is 0 Å². The van der Waals surface area contributed by atoms with Crippen molar-refractivity contribution in [1.82, 2.24) is 0 Å². The Morgan fingerprint density at radius 1 is 1.29 bits per heavy atom. The number of hydrogen-bond acceptors (Lipinski definition) is 4. The van der Waals surface area contributed by atoms with Gasteiger partial charge in [0.2, 0.25) is 0 Å². The predicted molar refractivity (Wildman–Crippen MR) is 60.6 cm³/mol. The molecule has 4 heteroatoms. The van der Waals surface area contributed by atoms with Gasteiger partial charge in [-0.3, -0.25) is 4.79 Å². The van der Waals surface area contributed by atoms with Crippen molar-refractivity contribution in [3.63, 3.8) is 0 Å². The Morgan fingerprint density at radius 3 is 2.76 bits per heavy atom. The van der Waals surface area contributed by atoms with E-state index in [9.17, 15) is 9.90 Å². The average Bonchev–Trinajstić information content (AvgIpc) is 3.11. The molecule has 1 N–H and O–H groups in total. The highest BCUT2D eigenvalue weighted by molar-refractivity contribution is 5.86. The molecule has 0 aromatic heterocycles. The van der Waals surface area contributed by atoms with E-state index in [1.807, 2.05) is 0 Å². The summed E-state index contributed by atoms with van der Waals surface area (Å²) >= 11 is 0. The Kier molecular flexibility index (Phi) is 2.97. The van der Waals surface area contributed by atoms with Gasteiger partial charge in [0.25, 0.3) is 0 Å². The summed E-state index contributed by atoms with van der Waals surface area (Å²) in [7, 11) is 0. The topological polar surface area (TPSA) is 55.8 Å². The van der Waals surface area contributed by atoms with Gasteiger partial charge in [-0.05, 0) is 31.6 Å². The van der Waals surface area contributed by atoms with E-state index in [1.165, 1.54) is 0 Å². The van der Waals surface area contributed by atoms with E-state index in [4.69, 9.17) is 9.47 Å². The number of carbonyl (C=O) groups is 1. The van der Waals surface area contributed by atoms with Gasteiger partial charge >= 0.3 is 0 Å². The monoisotopic (exact) mass is 240 g/mol. The molecule has 3 aliphatic rings. The van der Waals surface area contributed by atoms with Crippen molar-refractivity contribution in [2.24, 2.45) is 11.8 Å².